The average molecular weight is 434 g/mol. The Morgan fingerprint density at radius 2 is 1.77 bits per heavy atom. The monoisotopic (exact) mass is 433 g/mol. The van der Waals surface area contributed by atoms with Gasteiger partial charge in [-0.05, 0) is 40.5 Å². The molecule has 1 heterocycles. The molecule has 1 aliphatic heterocycles. The maximum absolute atomic E-state index is 13.0. The van der Waals surface area contributed by atoms with E-state index in [0.717, 1.165) is 24.5 Å². The summed E-state index contributed by atoms with van der Waals surface area (Å²) in [6.07, 6.45) is 4.87. The fourth-order valence-corrected chi connectivity index (χ4v) is 4.57. The van der Waals surface area contributed by atoms with Gasteiger partial charge >= 0.3 is 0 Å². The van der Waals surface area contributed by atoms with Crippen LogP contribution in [0.25, 0.3) is 0 Å². The van der Waals surface area contributed by atoms with Crippen LogP contribution in [0.5, 0.6) is 11.5 Å². The van der Waals surface area contributed by atoms with Gasteiger partial charge in [-0.3, -0.25) is 9.69 Å². The summed E-state index contributed by atoms with van der Waals surface area (Å²) in [6, 6.07) is 4.74. The predicted molar refractivity (Wildman–Crippen MR) is 125 cm³/mol. The Hall–Kier alpha value is -1.99. The van der Waals surface area contributed by atoms with Crippen molar-refractivity contribution in [3.05, 3.63) is 12.1 Å². The number of amides is 1. The lowest BCUT2D eigenvalue weighted by Gasteiger charge is -2.32. The number of benzene rings is 1. The number of nitrogens with one attached hydrogen (secondary N) is 1. The van der Waals surface area contributed by atoms with Crippen LogP contribution in [0.1, 0.15) is 53.4 Å². The summed E-state index contributed by atoms with van der Waals surface area (Å²) in [5.41, 5.74) is 1.66. The lowest BCUT2D eigenvalue weighted by molar-refractivity contribution is -0.118. The zero-order valence-corrected chi connectivity index (χ0v) is 19.6. The molecule has 1 aromatic rings. The summed E-state index contributed by atoms with van der Waals surface area (Å²) in [4.78, 5) is 17.6. The fraction of sp³-hybridized carbons (Fsp3) is 0.708. The molecule has 1 aliphatic carbocycles. The molecule has 0 atom stereocenters. The Balaban J connectivity index is 1.80. The third kappa shape index (κ3) is 6.26. The predicted octanol–water partition coefficient (Wildman–Crippen LogP) is 3.91. The molecule has 31 heavy (non-hydrogen) atoms. The van der Waals surface area contributed by atoms with E-state index < -0.39 is 0 Å². The molecular weight excluding hydrogens is 394 g/mol. The quantitative estimate of drug-likeness (QED) is 0.604. The third-order valence-electron chi connectivity index (χ3n) is 6.07. The molecule has 0 aromatic heterocycles. The van der Waals surface area contributed by atoms with Crippen LogP contribution >= 0.6 is 0 Å². The highest BCUT2D eigenvalue weighted by Crippen LogP contribution is 2.39. The first-order valence-electron chi connectivity index (χ1n) is 11.8. The molecule has 0 spiro atoms. The van der Waals surface area contributed by atoms with Crippen molar-refractivity contribution in [1.82, 2.24) is 4.90 Å². The number of nitrogens with zero attached hydrogens (tertiary/aromatic N) is 2. The van der Waals surface area contributed by atoms with Crippen LogP contribution in [-0.4, -0.2) is 69.0 Å². The van der Waals surface area contributed by atoms with Crippen molar-refractivity contribution >= 4 is 17.3 Å². The van der Waals surface area contributed by atoms with Crippen LogP contribution in [0.3, 0.4) is 0 Å². The molecule has 1 saturated heterocycles. The number of rotatable bonds is 10. The van der Waals surface area contributed by atoms with Gasteiger partial charge in [-0.1, -0.05) is 12.8 Å². The van der Waals surface area contributed by atoms with Gasteiger partial charge < -0.3 is 24.4 Å². The Kier molecular flexibility index (Phi) is 8.84. The van der Waals surface area contributed by atoms with E-state index >= 15 is 0 Å². The van der Waals surface area contributed by atoms with Crippen molar-refractivity contribution < 1.29 is 19.0 Å². The van der Waals surface area contributed by atoms with E-state index in [2.05, 4.69) is 29.0 Å². The highest BCUT2D eigenvalue weighted by atomic mass is 16.5. The van der Waals surface area contributed by atoms with E-state index in [1.54, 1.807) is 0 Å². The Morgan fingerprint density at radius 3 is 2.39 bits per heavy atom. The van der Waals surface area contributed by atoms with Crippen LogP contribution in [0.15, 0.2) is 12.1 Å². The average Bonchev–Trinajstić information content (AvgIpc) is 3.29. The summed E-state index contributed by atoms with van der Waals surface area (Å²) in [6.45, 7) is 12.7. The summed E-state index contributed by atoms with van der Waals surface area (Å²) in [5, 5.41) is 3.10. The van der Waals surface area contributed by atoms with Crippen molar-refractivity contribution in [2.75, 3.05) is 56.3 Å². The van der Waals surface area contributed by atoms with Gasteiger partial charge in [-0.15, -0.1) is 0 Å². The van der Waals surface area contributed by atoms with E-state index in [-0.39, 0.29) is 5.91 Å². The second-order valence-corrected chi connectivity index (χ2v) is 8.53. The first-order valence-corrected chi connectivity index (χ1v) is 11.8. The first kappa shape index (κ1) is 23.7. The zero-order valence-electron chi connectivity index (χ0n) is 19.6. The van der Waals surface area contributed by atoms with Gasteiger partial charge in [-0.2, -0.15) is 0 Å². The number of morpholine rings is 1. The molecule has 3 rings (SSSR count). The smallest absolute Gasteiger partial charge is 0.238 e. The number of carbonyl (C=O) groups excluding carboxylic acids is 1. The van der Waals surface area contributed by atoms with Crippen LogP contribution in [0.2, 0.25) is 0 Å². The molecule has 0 bridgehead atoms. The van der Waals surface area contributed by atoms with Gasteiger partial charge in [0, 0.05) is 37.3 Å². The third-order valence-corrected chi connectivity index (χ3v) is 6.07. The molecule has 1 aromatic carbocycles. The Morgan fingerprint density at radius 1 is 1.13 bits per heavy atom. The fourth-order valence-electron chi connectivity index (χ4n) is 4.57. The van der Waals surface area contributed by atoms with Crippen molar-refractivity contribution in [2.24, 2.45) is 0 Å². The van der Waals surface area contributed by atoms with Crippen LogP contribution in [0, 0.1) is 0 Å². The zero-order chi connectivity index (χ0) is 22.2. The second kappa shape index (κ2) is 11.6. The highest BCUT2D eigenvalue weighted by Gasteiger charge is 2.27. The van der Waals surface area contributed by atoms with E-state index in [1.165, 1.54) is 25.7 Å². The molecule has 2 aliphatic rings. The molecule has 2 fully saturated rings. The minimum Gasteiger partial charge on any atom is -0.492 e. The SMILES string of the molecule is CCOc1cc(N2CCOCC2)c(OCC)cc1NC(=O)CN(C(C)C)C1CCCC1. The Bertz CT molecular complexity index is 713. The van der Waals surface area contributed by atoms with Crippen LogP contribution in [-0.2, 0) is 9.53 Å². The molecule has 1 amide bonds. The van der Waals surface area contributed by atoms with Crippen molar-refractivity contribution in [3.63, 3.8) is 0 Å². The topological polar surface area (TPSA) is 63.3 Å². The van der Waals surface area contributed by atoms with E-state index in [4.69, 9.17) is 14.2 Å². The largest absolute Gasteiger partial charge is 0.492 e. The molecule has 0 unspecified atom stereocenters. The molecule has 1 saturated carbocycles. The summed E-state index contributed by atoms with van der Waals surface area (Å²) in [7, 11) is 0. The number of carbonyl (C=O) groups is 1. The minimum absolute atomic E-state index is 0.0110. The molecule has 7 heteroatoms. The molecule has 0 radical (unpaired) electrons. The number of anilines is 2. The van der Waals surface area contributed by atoms with Gasteiger partial charge in [0.05, 0.1) is 44.3 Å². The van der Waals surface area contributed by atoms with Crippen LogP contribution in [0.4, 0.5) is 11.4 Å². The van der Waals surface area contributed by atoms with Crippen molar-refractivity contribution in [3.8, 4) is 11.5 Å². The molecular formula is C24H39N3O4. The number of hydrogen-bond acceptors (Lipinski definition) is 6. The molecule has 1 N–H and O–H groups in total. The standard InChI is InChI=1S/C24H39N3O4/c1-5-30-22-16-21(26-11-13-29-14-12-26)23(31-6-2)15-20(22)25-24(28)17-27(18(3)4)19-9-7-8-10-19/h15-16,18-19H,5-14,17H2,1-4H3,(H,25,28). The Labute approximate surface area is 187 Å². The van der Waals surface area contributed by atoms with Gasteiger partial charge in [0.1, 0.15) is 11.5 Å². The van der Waals surface area contributed by atoms with Gasteiger partial charge in [0.15, 0.2) is 0 Å². The van der Waals surface area contributed by atoms with Gasteiger partial charge in [0.2, 0.25) is 5.91 Å². The molecule has 174 valence electrons. The number of hydrogen-bond donors (Lipinski definition) is 1. The van der Waals surface area contributed by atoms with Gasteiger partial charge in [0.25, 0.3) is 0 Å². The maximum atomic E-state index is 13.0. The summed E-state index contributed by atoms with van der Waals surface area (Å²) >= 11 is 0. The van der Waals surface area contributed by atoms with E-state index in [9.17, 15) is 4.79 Å². The minimum atomic E-state index is -0.0110. The lowest BCUT2D eigenvalue weighted by atomic mass is 10.1. The normalized spacial score (nSPS) is 17.4. The second-order valence-electron chi connectivity index (χ2n) is 8.53. The maximum Gasteiger partial charge on any atom is 0.238 e. The lowest BCUT2D eigenvalue weighted by Crippen LogP contribution is -2.43. The van der Waals surface area contributed by atoms with Gasteiger partial charge in [-0.25, -0.2) is 0 Å². The number of ether oxygens (including phenoxy) is 3. The van der Waals surface area contributed by atoms with E-state index in [0.29, 0.717) is 56.5 Å². The van der Waals surface area contributed by atoms with E-state index in [1.807, 2.05) is 26.0 Å². The summed E-state index contributed by atoms with van der Waals surface area (Å²) < 4.78 is 17.4. The van der Waals surface area contributed by atoms with Crippen molar-refractivity contribution in [2.45, 2.75) is 65.5 Å². The van der Waals surface area contributed by atoms with Crippen LogP contribution < -0.4 is 19.7 Å². The highest BCUT2D eigenvalue weighted by molar-refractivity contribution is 5.94. The molecule has 7 nitrogen and oxygen atoms in total. The van der Waals surface area contributed by atoms with Crippen molar-refractivity contribution in [1.29, 1.82) is 0 Å². The summed E-state index contributed by atoms with van der Waals surface area (Å²) in [5.74, 6) is 1.43. The first-order chi connectivity index (χ1) is 15.0.